The molecule has 0 spiro atoms. The van der Waals surface area contributed by atoms with Crippen molar-refractivity contribution in [3.05, 3.63) is 35.4 Å². The van der Waals surface area contributed by atoms with Gasteiger partial charge in [0.1, 0.15) is 6.17 Å². The molecule has 1 aliphatic carbocycles. The van der Waals surface area contributed by atoms with Gasteiger partial charge in [0, 0.05) is 12.0 Å². The predicted octanol–water partition coefficient (Wildman–Crippen LogP) is 2.32. The molecule has 0 radical (unpaired) electrons. The molecule has 0 saturated heterocycles. The van der Waals surface area contributed by atoms with Gasteiger partial charge in [0.05, 0.1) is 0 Å². The lowest BCUT2D eigenvalue weighted by molar-refractivity contribution is 0.0997. The van der Waals surface area contributed by atoms with Crippen LogP contribution in [0.5, 0.6) is 0 Å². The number of halogens is 1. The van der Waals surface area contributed by atoms with Crippen LogP contribution in [0.1, 0.15) is 24.0 Å². The molecule has 14 heavy (non-hydrogen) atoms. The minimum atomic E-state index is -0.654. The molecule has 1 nitrogen and oxygen atoms in total. The van der Waals surface area contributed by atoms with Crippen LogP contribution < -0.4 is 5.73 Å². The number of benzene rings is 1. The highest BCUT2D eigenvalue weighted by atomic mass is 19.1. The van der Waals surface area contributed by atoms with E-state index in [1.807, 2.05) is 6.07 Å². The molecule has 1 aliphatic rings. The van der Waals surface area contributed by atoms with Gasteiger partial charge in [-0.1, -0.05) is 29.8 Å². The van der Waals surface area contributed by atoms with E-state index in [1.54, 1.807) is 0 Å². The minimum absolute atomic E-state index is 0.0779. The molecule has 2 rings (SSSR count). The van der Waals surface area contributed by atoms with Crippen molar-refractivity contribution in [2.75, 3.05) is 6.54 Å². The molecule has 1 saturated carbocycles. The number of hydrogen-bond donors (Lipinski definition) is 1. The molecule has 0 atom stereocenters. The summed E-state index contributed by atoms with van der Waals surface area (Å²) in [5, 5.41) is 0. The van der Waals surface area contributed by atoms with Crippen molar-refractivity contribution in [2.24, 2.45) is 5.73 Å². The van der Waals surface area contributed by atoms with Crippen molar-refractivity contribution < 1.29 is 4.39 Å². The van der Waals surface area contributed by atoms with Crippen LogP contribution in [0.3, 0.4) is 0 Å². The first-order chi connectivity index (χ1) is 6.66. The van der Waals surface area contributed by atoms with Gasteiger partial charge in [-0.15, -0.1) is 0 Å². The lowest BCUT2D eigenvalue weighted by Gasteiger charge is -2.44. The highest BCUT2D eigenvalue weighted by molar-refractivity contribution is 5.33. The summed E-state index contributed by atoms with van der Waals surface area (Å²) in [5.41, 5.74) is 8.09. The number of hydrogen-bond acceptors (Lipinski definition) is 1. The van der Waals surface area contributed by atoms with Gasteiger partial charge in [0.2, 0.25) is 0 Å². The van der Waals surface area contributed by atoms with Crippen molar-refractivity contribution in [1.29, 1.82) is 0 Å². The zero-order chi connectivity index (χ0) is 10.2. The Morgan fingerprint density at radius 2 is 2.21 bits per heavy atom. The molecule has 0 amide bonds. The number of nitrogens with two attached hydrogens (primary N) is 1. The Morgan fingerprint density at radius 1 is 1.50 bits per heavy atom. The molecule has 0 aromatic heterocycles. The van der Waals surface area contributed by atoms with Crippen molar-refractivity contribution >= 4 is 0 Å². The van der Waals surface area contributed by atoms with Crippen molar-refractivity contribution in [3.8, 4) is 0 Å². The van der Waals surface area contributed by atoms with Crippen LogP contribution in [0.2, 0.25) is 0 Å². The third kappa shape index (κ3) is 1.44. The van der Waals surface area contributed by atoms with Gasteiger partial charge < -0.3 is 5.73 Å². The topological polar surface area (TPSA) is 26.0 Å². The molecule has 2 heteroatoms. The SMILES string of the molecule is Cc1cccc(C2(CN)CC(F)C2)c1. The Balaban J connectivity index is 2.29. The number of alkyl halides is 1. The van der Waals surface area contributed by atoms with Crippen LogP contribution in [0, 0.1) is 6.92 Å². The van der Waals surface area contributed by atoms with E-state index >= 15 is 0 Å². The molecular formula is C12H16FN. The Bertz CT molecular complexity index is 329. The lowest BCUT2D eigenvalue weighted by atomic mass is 9.63. The second-order valence-electron chi connectivity index (χ2n) is 4.36. The molecule has 1 aromatic carbocycles. The molecule has 0 unspecified atom stereocenters. The summed E-state index contributed by atoms with van der Waals surface area (Å²) in [4.78, 5) is 0. The summed E-state index contributed by atoms with van der Waals surface area (Å²) >= 11 is 0. The van der Waals surface area contributed by atoms with E-state index in [-0.39, 0.29) is 5.41 Å². The smallest absolute Gasteiger partial charge is 0.102 e. The standard InChI is InChI=1S/C12H16FN/c1-9-3-2-4-10(5-9)12(8-14)6-11(13)7-12/h2-5,11H,6-8,14H2,1H3. The zero-order valence-electron chi connectivity index (χ0n) is 8.46. The Morgan fingerprint density at radius 3 is 2.71 bits per heavy atom. The van der Waals surface area contributed by atoms with Crippen LogP contribution in [0.15, 0.2) is 24.3 Å². The predicted molar refractivity (Wildman–Crippen MR) is 56.0 cm³/mol. The van der Waals surface area contributed by atoms with E-state index in [9.17, 15) is 4.39 Å². The molecule has 1 fully saturated rings. The molecule has 1 aromatic rings. The molecular weight excluding hydrogens is 177 g/mol. The first-order valence-electron chi connectivity index (χ1n) is 5.07. The van der Waals surface area contributed by atoms with E-state index in [0.717, 1.165) is 0 Å². The Labute approximate surface area is 84.1 Å². The molecule has 0 heterocycles. The summed E-state index contributed by atoms with van der Waals surface area (Å²) in [6.45, 7) is 2.61. The number of aryl methyl sites for hydroxylation is 1. The monoisotopic (exact) mass is 193 g/mol. The van der Waals surface area contributed by atoms with Crippen LogP contribution >= 0.6 is 0 Å². The average Bonchev–Trinajstić information content (AvgIpc) is 2.12. The van der Waals surface area contributed by atoms with Crippen molar-refractivity contribution in [3.63, 3.8) is 0 Å². The van der Waals surface area contributed by atoms with Gasteiger partial charge in [-0.2, -0.15) is 0 Å². The van der Waals surface area contributed by atoms with Crippen LogP contribution in [-0.2, 0) is 5.41 Å². The zero-order valence-corrected chi connectivity index (χ0v) is 8.46. The average molecular weight is 193 g/mol. The third-order valence-corrected chi connectivity index (χ3v) is 3.25. The molecule has 76 valence electrons. The maximum Gasteiger partial charge on any atom is 0.102 e. The molecule has 0 aliphatic heterocycles. The number of rotatable bonds is 2. The van der Waals surface area contributed by atoms with Crippen molar-refractivity contribution in [1.82, 2.24) is 0 Å². The summed E-state index contributed by atoms with van der Waals surface area (Å²) in [5.74, 6) is 0. The largest absolute Gasteiger partial charge is 0.330 e. The minimum Gasteiger partial charge on any atom is -0.330 e. The van der Waals surface area contributed by atoms with Crippen LogP contribution in [-0.4, -0.2) is 12.7 Å². The molecule has 0 bridgehead atoms. The second kappa shape index (κ2) is 3.35. The fourth-order valence-corrected chi connectivity index (χ4v) is 2.28. The van der Waals surface area contributed by atoms with Gasteiger partial charge in [0.25, 0.3) is 0 Å². The Kier molecular flexibility index (Phi) is 2.31. The van der Waals surface area contributed by atoms with Gasteiger partial charge in [-0.25, -0.2) is 4.39 Å². The van der Waals surface area contributed by atoms with E-state index in [1.165, 1.54) is 11.1 Å². The van der Waals surface area contributed by atoms with E-state index < -0.39 is 6.17 Å². The first-order valence-corrected chi connectivity index (χ1v) is 5.07. The second-order valence-corrected chi connectivity index (χ2v) is 4.36. The summed E-state index contributed by atoms with van der Waals surface area (Å²) in [7, 11) is 0. The third-order valence-electron chi connectivity index (χ3n) is 3.25. The highest BCUT2D eigenvalue weighted by Gasteiger charge is 2.44. The summed E-state index contributed by atoms with van der Waals surface area (Å²) in [6.07, 6.45) is 0.527. The first kappa shape index (κ1) is 9.66. The fourth-order valence-electron chi connectivity index (χ4n) is 2.28. The van der Waals surface area contributed by atoms with Crippen molar-refractivity contribution in [2.45, 2.75) is 31.4 Å². The van der Waals surface area contributed by atoms with Gasteiger partial charge in [0.15, 0.2) is 0 Å². The van der Waals surface area contributed by atoms with E-state index in [2.05, 4.69) is 25.1 Å². The fraction of sp³-hybridized carbons (Fsp3) is 0.500. The van der Waals surface area contributed by atoms with Crippen LogP contribution in [0.4, 0.5) is 4.39 Å². The van der Waals surface area contributed by atoms with Gasteiger partial charge in [-0.05, 0) is 25.3 Å². The quantitative estimate of drug-likeness (QED) is 0.766. The maximum atomic E-state index is 12.9. The maximum absolute atomic E-state index is 12.9. The highest BCUT2D eigenvalue weighted by Crippen LogP contribution is 2.44. The van der Waals surface area contributed by atoms with Crippen LogP contribution in [0.25, 0.3) is 0 Å². The van der Waals surface area contributed by atoms with E-state index in [0.29, 0.717) is 19.4 Å². The van der Waals surface area contributed by atoms with E-state index in [4.69, 9.17) is 5.73 Å². The van der Waals surface area contributed by atoms with Gasteiger partial charge in [-0.3, -0.25) is 0 Å². The summed E-state index contributed by atoms with van der Waals surface area (Å²) in [6, 6.07) is 8.26. The van der Waals surface area contributed by atoms with Gasteiger partial charge >= 0.3 is 0 Å². The lowest BCUT2D eigenvalue weighted by Crippen LogP contribution is -2.48. The summed E-state index contributed by atoms with van der Waals surface area (Å²) < 4.78 is 12.9. The molecule has 2 N–H and O–H groups in total. The normalized spacial score (nSPS) is 31.2. The Hall–Kier alpha value is -0.890.